The Labute approximate surface area is 123 Å². The van der Waals surface area contributed by atoms with Crippen LogP contribution in [0.4, 0.5) is 0 Å². The van der Waals surface area contributed by atoms with E-state index in [9.17, 15) is 4.79 Å². The molecule has 0 radical (unpaired) electrons. The second kappa shape index (κ2) is 6.17. The molecule has 2 aromatic carbocycles. The van der Waals surface area contributed by atoms with Crippen LogP contribution in [0.5, 0.6) is 0 Å². The predicted octanol–water partition coefficient (Wildman–Crippen LogP) is 2.92. The van der Waals surface area contributed by atoms with E-state index in [0.29, 0.717) is 0 Å². The van der Waals surface area contributed by atoms with Gasteiger partial charge in [-0.25, -0.2) is 0 Å². The van der Waals surface area contributed by atoms with Gasteiger partial charge in [0.05, 0.1) is 0 Å². The lowest BCUT2D eigenvalue weighted by Crippen LogP contribution is -2.18. The zero-order valence-corrected chi connectivity index (χ0v) is 12.1. The first-order valence-corrected chi connectivity index (χ1v) is 6.94. The fourth-order valence-corrected chi connectivity index (χ4v) is 2.08. The fourth-order valence-electron chi connectivity index (χ4n) is 2.08. The van der Waals surface area contributed by atoms with Gasteiger partial charge in [0.1, 0.15) is 4.58 Å². The van der Waals surface area contributed by atoms with Gasteiger partial charge in [-0.05, 0) is 28.7 Å². The molecule has 4 heteroatoms. The molecule has 0 atom stereocenters. The highest BCUT2D eigenvalue weighted by molar-refractivity contribution is 8.00. The van der Waals surface area contributed by atoms with Crippen molar-refractivity contribution in [3.05, 3.63) is 59.7 Å². The minimum absolute atomic E-state index is 0.512. The minimum Gasteiger partial charge on any atom is -0.368 e. The monoisotopic (exact) mass is 289 g/mol. The summed E-state index contributed by atoms with van der Waals surface area (Å²) in [6, 6.07) is 17.3. The van der Waals surface area contributed by atoms with Crippen molar-refractivity contribution in [1.82, 2.24) is 0 Å². The quantitative estimate of drug-likeness (QED) is 0.468. The molecular formula is C15H15NOS2. The predicted molar refractivity (Wildman–Crippen MR) is 85.6 cm³/mol. The maximum atomic E-state index is 9.77. The number of fused-ring (bicyclic) bond motifs is 3. The Kier molecular flexibility index (Phi) is 4.56. The van der Waals surface area contributed by atoms with E-state index in [1.807, 2.05) is 0 Å². The van der Waals surface area contributed by atoms with E-state index in [1.54, 1.807) is 0 Å². The van der Waals surface area contributed by atoms with Crippen molar-refractivity contribution >= 4 is 31.2 Å². The van der Waals surface area contributed by atoms with Crippen molar-refractivity contribution in [2.24, 2.45) is 5.73 Å². The van der Waals surface area contributed by atoms with E-state index < -0.39 is 10.5 Å². The molecule has 1 aliphatic carbocycles. The second-order valence-corrected chi connectivity index (χ2v) is 5.71. The van der Waals surface area contributed by atoms with Gasteiger partial charge in [-0.15, -0.1) is 0 Å². The molecule has 1 amide bonds. The lowest BCUT2D eigenvalue weighted by atomic mass is 10.1. The molecule has 0 unspecified atom stereocenters. The molecule has 0 spiro atoms. The van der Waals surface area contributed by atoms with Crippen molar-refractivity contribution in [3.63, 3.8) is 0 Å². The van der Waals surface area contributed by atoms with E-state index in [-0.39, 0.29) is 0 Å². The molecule has 1 aliphatic rings. The molecule has 98 valence electrons. The summed E-state index contributed by atoms with van der Waals surface area (Å²) in [6.45, 7) is 0. The van der Waals surface area contributed by atoms with Crippen LogP contribution in [0.25, 0.3) is 11.1 Å². The molecule has 2 N–H and O–H groups in total. The van der Waals surface area contributed by atoms with Crippen LogP contribution in [0.15, 0.2) is 48.5 Å². The van der Waals surface area contributed by atoms with Crippen LogP contribution in [0.1, 0.15) is 11.1 Å². The van der Waals surface area contributed by atoms with E-state index >= 15 is 0 Å². The number of benzene rings is 2. The van der Waals surface area contributed by atoms with Gasteiger partial charge in [-0.2, -0.15) is 25.3 Å². The minimum atomic E-state index is -0.620. The fraction of sp³-hybridized carbons (Fsp3) is 0.133. The molecule has 0 saturated carbocycles. The zero-order chi connectivity index (χ0) is 13.8. The van der Waals surface area contributed by atoms with Crippen molar-refractivity contribution in [3.8, 4) is 11.1 Å². The van der Waals surface area contributed by atoms with Gasteiger partial charge >= 0.3 is 0 Å². The summed E-state index contributed by atoms with van der Waals surface area (Å²) < 4.78 is -0.620. The number of thiol groups is 2. The first kappa shape index (κ1) is 14.0. The summed E-state index contributed by atoms with van der Waals surface area (Å²) in [4.78, 5) is 9.77. The van der Waals surface area contributed by atoms with E-state index in [0.717, 1.165) is 6.42 Å². The molecule has 2 nitrogen and oxygen atoms in total. The summed E-state index contributed by atoms with van der Waals surface area (Å²) in [5.74, 6) is -0.512. The first-order chi connectivity index (χ1) is 9.09. The standard InChI is InChI=1S/C13H10.C2H5NOS2/c1-3-7-12-10(5-1)9-11-6-2-4-8-13(11)12;3-1(4)2(5)6/h1-8H,9H2;2,5-6H,(H2,3,4). The Morgan fingerprint density at radius 3 is 1.68 bits per heavy atom. The number of carbonyl (C=O) groups is 1. The average Bonchev–Trinajstić information content (AvgIpc) is 2.78. The summed E-state index contributed by atoms with van der Waals surface area (Å²) in [7, 11) is 0. The maximum Gasteiger partial charge on any atom is 0.240 e. The number of hydrogen-bond donors (Lipinski definition) is 3. The van der Waals surface area contributed by atoms with Gasteiger partial charge in [0.2, 0.25) is 5.91 Å². The van der Waals surface area contributed by atoms with E-state index in [2.05, 4.69) is 79.5 Å². The summed E-state index contributed by atoms with van der Waals surface area (Å²) in [6.07, 6.45) is 1.10. The van der Waals surface area contributed by atoms with Gasteiger partial charge < -0.3 is 5.73 Å². The highest BCUT2D eigenvalue weighted by Crippen LogP contribution is 2.35. The normalized spacial score (nSPS) is 11.3. The molecule has 19 heavy (non-hydrogen) atoms. The molecular weight excluding hydrogens is 274 g/mol. The molecule has 0 aliphatic heterocycles. The lowest BCUT2D eigenvalue weighted by molar-refractivity contribution is -0.116. The van der Waals surface area contributed by atoms with Crippen LogP contribution < -0.4 is 5.73 Å². The summed E-state index contributed by atoms with van der Waals surface area (Å²) in [5.41, 5.74) is 10.4. The molecule has 0 aromatic heterocycles. The largest absolute Gasteiger partial charge is 0.368 e. The number of hydrogen-bond acceptors (Lipinski definition) is 3. The molecule has 0 fully saturated rings. The SMILES string of the molecule is NC(=O)C(S)S.c1ccc2c(c1)Cc1ccccc1-2. The number of rotatable bonds is 1. The number of nitrogens with two attached hydrogens (primary N) is 1. The van der Waals surface area contributed by atoms with Crippen molar-refractivity contribution in [2.45, 2.75) is 11.0 Å². The lowest BCUT2D eigenvalue weighted by Gasteiger charge is -1.98. The number of primary amides is 1. The van der Waals surface area contributed by atoms with Crippen LogP contribution in [-0.4, -0.2) is 10.5 Å². The van der Waals surface area contributed by atoms with Crippen LogP contribution in [0, 0.1) is 0 Å². The Balaban J connectivity index is 0.000000192. The van der Waals surface area contributed by atoms with Gasteiger partial charge in [-0.3, -0.25) is 4.79 Å². The van der Waals surface area contributed by atoms with E-state index in [1.165, 1.54) is 22.3 Å². The van der Waals surface area contributed by atoms with Gasteiger partial charge in [0.15, 0.2) is 0 Å². The Hall–Kier alpha value is -1.39. The highest BCUT2D eigenvalue weighted by atomic mass is 32.2. The van der Waals surface area contributed by atoms with Crippen molar-refractivity contribution in [1.29, 1.82) is 0 Å². The molecule has 0 heterocycles. The van der Waals surface area contributed by atoms with Crippen LogP contribution in [0.3, 0.4) is 0 Å². The topological polar surface area (TPSA) is 43.1 Å². The third-order valence-electron chi connectivity index (χ3n) is 2.96. The van der Waals surface area contributed by atoms with Crippen LogP contribution in [-0.2, 0) is 11.2 Å². The molecule has 2 aromatic rings. The van der Waals surface area contributed by atoms with Gasteiger partial charge in [0.25, 0.3) is 0 Å². The van der Waals surface area contributed by atoms with Crippen molar-refractivity contribution in [2.75, 3.05) is 0 Å². The molecule has 3 rings (SSSR count). The Bertz CT molecular complexity index is 553. The number of amides is 1. The second-order valence-electron chi connectivity index (χ2n) is 4.27. The number of carbonyl (C=O) groups excluding carboxylic acids is 1. The molecule has 0 saturated heterocycles. The Morgan fingerprint density at radius 1 is 0.947 bits per heavy atom. The van der Waals surface area contributed by atoms with Crippen LogP contribution >= 0.6 is 25.3 Å². The smallest absolute Gasteiger partial charge is 0.240 e. The average molecular weight is 289 g/mol. The van der Waals surface area contributed by atoms with Gasteiger partial charge in [-0.1, -0.05) is 48.5 Å². The maximum absolute atomic E-state index is 9.77. The highest BCUT2D eigenvalue weighted by Gasteiger charge is 2.15. The first-order valence-electron chi connectivity index (χ1n) is 5.91. The molecule has 0 bridgehead atoms. The third kappa shape index (κ3) is 3.33. The van der Waals surface area contributed by atoms with E-state index in [4.69, 9.17) is 0 Å². The van der Waals surface area contributed by atoms with Crippen molar-refractivity contribution < 1.29 is 4.79 Å². The summed E-state index contributed by atoms with van der Waals surface area (Å²) >= 11 is 7.17. The zero-order valence-electron chi connectivity index (χ0n) is 10.3. The summed E-state index contributed by atoms with van der Waals surface area (Å²) in [5, 5.41) is 0. The third-order valence-corrected chi connectivity index (χ3v) is 3.47. The Morgan fingerprint density at radius 2 is 1.32 bits per heavy atom. The van der Waals surface area contributed by atoms with Gasteiger partial charge in [0, 0.05) is 0 Å². The van der Waals surface area contributed by atoms with Crippen LogP contribution in [0.2, 0.25) is 0 Å².